The molecule has 4 heteroatoms. The molecule has 1 aliphatic heterocycles. The Balaban J connectivity index is 1.94. The highest BCUT2D eigenvalue weighted by Gasteiger charge is 2.29. The van der Waals surface area contributed by atoms with Gasteiger partial charge < -0.3 is 14.1 Å². The normalized spacial score (nSPS) is 22.1. The van der Waals surface area contributed by atoms with Crippen LogP contribution in [0.1, 0.15) is 12.0 Å². The van der Waals surface area contributed by atoms with Gasteiger partial charge in [0.25, 0.3) is 0 Å². The van der Waals surface area contributed by atoms with E-state index in [4.69, 9.17) is 9.16 Å². The average molecular weight is 305 g/mol. The third-order valence-corrected chi connectivity index (χ3v) is 6.31. The lowest BCUT2D eigenvalue weighted by Crippen LogP contribution is -2.44. The molecule has 1 fully saturated rings. The zero-order chi connectivity index (χ0) is 15.1. The van der Waals surface area contributed by atoms with Crippen LogP contribution in [-0.4, -0.2) is 39.1 Å². The van der Waals surface area contributed by atoms with Crippen LogP contribution in [0.2, 0.25) is 19.1 Å². The Labute approximate surface area is 129 Å². The van der Waals surface area contributed by atoms with Crippen molar-refractivity contribution in [2.24, 2.45) is 0 Å². The van der Waals surface area contributed by atoms with E-state index >= 15 is 0 Å². The zero-order valence-electron chi connectivity index (χ0n) is 13.3. The Bertz CT molecular complexity index is 436. The summed E-state index contributed by atoms with van der Waals surface area (Å²) in [6, 6.07) is 11.7. The van der Waals surface area contributed by atoms with Gasteiger partial charge >= 0.3 is 0 Å². The van der Waals surface area contributed by atoms with Gasteiger partial charge in [-0.2, -0.15) is 0 Å². The maximum atomic E-state index is 6.37. The van der Waals surface area contributed by atoms with Crippen LogP contribution >= 0.6 is 0 Å². The number of ether oxygens (including phenoxy) is 1. The molecule has 1 aliphatic rings. The molecule has 0 bridgehead atoms. The van der Waals surface area contributed by atoms with Gasteiger partial charge in [-0.25, -0.2) is 0 Å². The molecule has 0 amide bonds. The smallest absolute Gasteiger partial charge is 0.187 e. The molecule has 1 unspecified atom stereocenters. The molecule has 1 aromatic carbocycles. The lowest BCUT2D eigenvalue weighted by Gasteiger charge is -2.34. The van der Waals surface area contributed by atoms with Crippen LogP contribution in [0, 0.1) is 0 Å². The molecule has 0 N–H and O–H groups in total. The van der Waals surface area contributed by atoms with E-state index in [0.29, 0.717) is 6.61 Å². The van der Waals surface area contributed by atoms with Crippen molar-refractivity contribution < 1.29 is 9.16 Å². The van der Waals surface area contributed by atoms with E-state index in [9.17, 15) is 0 Å². The summed E-state index contributed by atoms with van der Waals surface area (Å²) < 4.78 is 12.1. The number of nitrogens with zero attached hydrogens (tertiary/aromatic N) is 1. The predicted molar refractivity (Wildman–Crippen MR) is 89.6 cm³/mol. The maximum absolute atomic E-state index is 6.37. The molecule has 21 heavy (non-hydrogen) atoms. The molecule has 1 atom stereocenters. The third-order valence-electron chi connectivity index (χ3n) is 3.78. The van der Waals surface area contributed by atoms with Crippen LogP contribution in [0.3, 0.4) is 0 Å². The van der Waals surface area contributed by atoms with Gasteiger partial charge in [0.2, 0.25) is 0 Å². The van der Waals surface area contributed by atoms with Crippen LogP contribution < -0.4 is 0 Å². The van der Waals surface area contributed by atoms with E-state index in [0.717, 1.165) is 26.1 Å². The summed E-state index contributed by atoms with van der Waals surface area (Å²) in [5, 5.41) is 0. The van der Waals surface area contributed by atoms with Gasteiger partial charge in [-0.1, -0.05) is 36.9 Å². The first-order chi connectivity index (χ1) is 10.1. The van der Waals surface area contributed by atoms with Gasteiger partial charge in [0.1, 0.15) is 0 Å². The van der Waals surface area contributed by atoms with Crippen molar-refractivity contribution in [2.75, 3.05) is 19.8 Å². The summed E-state index contributed by atoms with van der Waals surface area (Å²) in [6.07, 6.45) is 3.18. The van der Waals surface area contributed by atoms with Crippen LogP contribution in [0.15, 0.2) is 43.1 Å². The molecule has 1 aromatic rings. The minimum atomic E-state index is -1.55. The largest absolute Gasteiger partial charge is 0.410 e. The molecule has 0 saturated carbocycles. The van der Waals surface area contributed by atoms with Gasteiger partial charge in [0.05, 0.1) is 12.7 Å². The summed E-state index contributed by atoms with van der Waals surface area (Å²) in [4.78, 5) is 2.22. The monoisotopic (exact) mass is 305 g/mol. The van der Waals surface area contributed by atoms with Gasteiger partial charge in [0, 0.05) is 19.7 Å². The molecule has 0 spiro atoms. The van der Waals surface area contributed by atoms with E-state index in [2.05, 4.69) is 48.8 Å². The van der Waals surface area contributed by atoms with Gasteiger partial charge in [-0.15, -0.1) is 0 Å². The molecule has 1 saturated heterocycles. The van der Waals surface area contributed by atoms with Gasteiger partial charge in [-0.05, 0) is 37.3 Å². The summed E-state index contributed by atoms with van der Waals surface area (Å²) >= 11 is 0. The van der Waals surface area contributed by atoms with Crippen molar-refractivity contribution in [2.45, 2.75) is 38.2 Å². The Morgan fingerprint density at radius 1 is 1.33 bits per heavy atom. The van der Waals surface area contributed by atoms with Crippen molar-refractivity contribution in [3.8, 4) is 0 Å². The predicted octanol–water partition coefficient (Wildman–Crippen LogP) is 3.64. The second-order valence-electron chi connectivity index (χ2n) is 6.28. The standard InChI is InChI=1S/C17H27NO2Si/c1-4-18(13-16-9-6-5-7-10-16)14-17-15-19-11-8-12-21(2,3)20-17/h4-7,9-10,17H,1,8,11-15H2,2-3H3. The lowest BCUT2D eigenvalue weighted by atomic mass is 10.2. The van der Waals surface area contributed by atoms with Crippen LogP contribution in [-0.2, 0) is 15.7 Å². The second-order valence-corrected chi connectivity index (χ2v) is 10.5. The molecule has 2 rings (SSSR count). The SMILES string of the molecule is C=CN(Cc1ccccc1)CC1COCCC[Si](C)(C)O1. The zero-order valence-corrected chi connectivity index (χ0v) is 14.3. The van der Waals surface area contributed by atoms with Crippen molar-refractivity contribution in [1.82, 2.24) is 4.90 Å². The van der Waals surface area contributed by atoms with E-state index in [1.54, 1.807) is 0 Å². The van der Waals surface area contributed by atoms with Gasteiger partial charge in [0.15, 0.2) is 8.32 Å². The number of hydrogen-bond acceptors (Lipinski definition) is 3. The molecule has 0 aliphatic carbocycles. The Kier molecular flexibility index (Phi) is 6.03. The Morgan fingerprint density at radius 2 is 2.10 bits per heavy atom. The maximum Gasteiger partial charge on any atom is 0.187 e. The van der Waals surface area contributed by atoms with Crippen molar-refractivity contribution in [1.29, 1.82) is 0 Å². The van der Waals surface area contributed by atoms with Crippen molar-refractivity contribution in [3.05, 3.63) is 48.7 Å². The minimum Gasteiger partial charge on any atom is -0.410 e. The highest BCUT2D eigenvalue weighted by atomic mass is 28.4. The molecular formula is C17H27NO2Si. The first-order valence-corrected chi connectivity index (χ1v) is 10.9. The third kappa shape index (κ3) is 5.65. The van der Waals surface area contributed by atoms with E-state index in [1.807, 2.05) is 12.3 Å². The molecule has 1 heterocycles. The molecule has 3 nitrogen and oxygen atoms in total. The fraction of sp³-hybridized carbons (Fsp3) is 0.529. The molecule has 0 aromatic heterocycles. The van der Waals surface area contributed by atoms with Crippen LogP contribution in [0.5, 0.6) is 0 Å². The number of hydrogen-bond donors (Lipinski definition) is 0. The van der Waals surface area contributed by atoms with Crippen molar-refractivity contribution >= 4 is 8.32 Å². The fourth-order valence-electron chi connectivity index (χ4n) is 2.73. The summed E-state index contributed by atoms with van der Waals surface area (Å²) in [5.41, 5.74) is 1.29. The summed E-state index contributed by atoms with van der Waals surface area (Å²) in [7, 11) is -1.55. The fourth-order valence-corrected chi connectivity index (χ4v) is 4.89. The Morgan fingerprint density at radius 3 is 2.81 bits per heavy atom. The van der Waals surface area contributed by atoms with Crippen LogP contribution in [0.25, 0.3) is 0 Å². The van der Waals surface area contributed by atoms with Crippen molar-refractivity contribution in [3.63, 3.8) is 0 Å². The molecule has 0 radical (unpaired) electrons. The average Bonchev–Trinajstić information content (AvgIpc) is 2.44. The molecular weight excluding hydrogens is 278 g/mol. The highest BCUT2D eigenvalue weighted by molar-refractivity contribution is 6.71. The summed E-state index contributed by atoms with van der Waals surface area (Å²) in [5.74, 6) is 0. The Hall–Kier alpha value is -1.10. The minimum absolute atomic E-state index is 0.147. The van der Waals surface area contributed by atoms with E-state index in [1.165, 1.54) is 11.6 Å². The van der Waals surface area contributed by atoms with Crippen LogP contribution in [0.4, 0.5) is 0 Å². The first-order valence-electron chi connectivity index (χ1n) is 7.75. The number of rotatable bonds is 5. The van der Waals surface area contributed by atoms with E-state index in [-0.39, 0.29) is 6.10 Å². The summed E-state index contributed by atoms with van der Waals surface area (Å²) in [6.45, 7) is 11.8. The highest BCUT2D eigenvalue weighted by Crippen LogP contribution is 2.20. The number of benzene rings is 1. The first kappa shape index (κ1) is 16.3. The van der Waals surface area contributed by atoms with Gasteiger partial charge in [-0.3, -0.25) is 0 Å². The molecule has 116 valence electrons. The lowest BCUT2D eigenvalue weighted by molar-refractivity contribution is 0.0228. The van der Waals surface area contributed by atoms with E-state index < -0.39 is 8.32 Å². The second kappa shape index (κ2) is 7.78. The topological polar surface area (TPSA) is 21.7 Å². The quantitative estimate of drug-likeness (QED) is 0.775.